The van der Waals surface area contributed by atoms with Crippen molar-refractivity contribution in [3.05, 3.63) is 62.1 Å². The fourth-order valence-corrected chi connectivity index (χ4v) is 2.28. The lowest BCUT2D eigenvalue weighted by Gasteiger charge is -2.09. The van der Waals surface area contributed by atoms with Crippen molar-refractivity contribution in [2.45, 2.75) is 13.8 Å². The molecule has 0 radical (unpaired) electrons. The molecule has 23 heavy (non-hydrogen) atoms. The van der Waals surface area contributed by atoms with E-state index in [2.05, 4.69) is 26.6 Å². The average Bonchev–Trinajstić information content (AvgIpc) is 2.50. The molecule has 0 aliphatic rings. The summed E-state index contributed by atoms with van der Waals surface area (Å²) in [6.45, 7) is 3.73. The molecule has 0 atom stereocenters. The Morgan fingerprint density at radius 1 is 1.22 bits per heavy atom. The van der Waals surface area contributed by atoms with Crippen LogP contribution in [0.5, 0.6) is 0 Å². The molecule has 0 spiro atoms. The van der Waals surface area contributed by atoms with Crippen LogP contribution < -0.4 is 10.6 Å². The van der Waals surface area contributed by atoms with Gasteiger partial charge in [0.05, 0.1) is 11.5 Å². The molecule has 0 aliphatic heterocycles. The summed E-state index contributed by atoms with van der Waals surface area (Å²) in [5.74, 6) is -0.350. The Bertz CT molecular complexity index is 762. The summed E-state index contributed by atoms with van der Waals surface area (Å²) >= 11 is 3.41. The smallest absolute Gasteiger partial charge is 0.293 e. The molecular formula is C16H16BrN3O3. The number of hydrogen-bond acceptors (Lipinski definition) is 4. The summed E-state index contributed by atoms with van der Waals surface area (Å²) in [4.78, 5) is 22.5. The summed E-state index contributed by atoms with van der Waals surface area (Å²) < 4.78 is 0.989. The van der Waals surface area contributed by atoms with Gasteiger partial charge in [0.2, 0.25) is 5.91 Å². The van der Waals surface area contributed by atoms with E-state index in [1.54, 1.807) is 13.0 Å². The van der Waals surface area contributed by atoms with Gasteiger partial charge >= 0.3 is 0 Å². The van der Waals surface area contributed by atoms with Crippen LogP contribution in [0.25, 0.3) is 0 Å². The number of aryl methyl sites for hydroxylation is 2. The maximum atomic E-state index is 12.0. The number of rotatable bonds is 5. The number of nitrogens with zero attached hydrogens (tertiary/aromatic N) is 1. The van der Waals surface area contributed by atoms with Gasteiger partial charge in [-0.3, -0.25) is 14.9 Å². The molecule has 2 aromatic rings. The van der Waals surface area contributed by atoms with Crippen molar-refractivity contribution in [3.8, 4) is 0 Å². The van der Waals surface area contributed by atoms with Crippen molar-refractivity contribution in [3.63, 3.8) is 0 Å². The summed E-state index contributed by atoms with van der Waals surface area (Å²) in [7, 11) is 0. The average molecular weight is 378 g/mol. The molecule has 0 saturated carbocycles. The molecule has 2 rings (SSSR count). The second-order valence-corrected chi connectivity index (χ2v) is 6.00. The molecule has 2 N–H and O–H groups in total. The molecule has 0 aliphatic carbocycles. The summed E-state index contributed by atoms with van der Waals surface area (Å²) in [5.41, 5.74) is 2.69. The first-order chi connectivity index (χ1) is 10.9. The summed E-state index contributed by atoms with van der Waals surface area (Å²) in [5, 5.41) is 16.6. The number of hydrogen-bond donors (Lipinski definition) is 2. The maximum Gasteiger partial charge on any atom is 0.293 e. The van der Waals surface area contributed by atoms with Crippen molar-refractivity contribution < 1.29 is 9.72 Å². The van der Waals surface area contributed by atoms with Crippen molar-refractivity contribution >= 4 is 38.9 Å². The molecule has 0 bridgehead atoms. The fourth-order valence-electron chi connectivity index (χ4n) is 2.03. The van der Waals surface area contributed by atoms with Crippen LogP contribution in [0.4, 0.5) is 17.1 Å². The van der Waals surface area contributed by atoms with Crippen LogP contribution >= 0.6 is 15.9 Å². The molecule has 0 unspecified atom stereocenters. The molecule has 120 valence electrons. The Kier molecular flexibility index (Phi) is 5.33. The number of anilines is 2. The van der Waals surface area contributed by atoms with E-state index in [1.165, 1.54) is 12.1 Å². The molecule has 0 heterocycles. The second kappa shape index (κ2) is 7.23. The Balaban J connectivity index is 2.02. The lowest BCUT2D eigenvalue weighted by Crippen LogP contribution is -2.22. The molecule has 6 nitrogen and oxygen atoms in total. The van der Waals surface area contributed by atoms with Crippen molar-refractivity contribution in [2.24, 2.45) is 0 Å². The monoisotopic (exact) mass is 377 g/mol. The van der Waals surface area contributed by atoms with Gasteiger partial charge in [-0.25, -0.2) is 0 Å². The highest BCUT2D eigenvalue weighted by Crippen LogP contribution is 2.25. The van der Waals surface area contributed by atoms with E-state index in [0.717, 1.165) is 21.3 Å². The number of halogens is 1. The van der Waals surface area contributed by atoms with Crippen molar-refractivity contribution in [1.29, 1.82) is 0 Å². The number of carbonyl (C=O) groups excluding carboxylic acids is 1. The SMILES string of the molecule is Cc1ccc(NC(=O)CNc2ccc(Br)c(C)c2)c([N+](=O)[O-])c1. The van der Waals surface area contributed by atoms with E-state index >= 15 is 0 Å². The minimum absolute atomic E-state index is 0.0199. The maximum absolute atomic E-state index is 12.0. The third kappa shape index (κ3) is 4.53. The highest BCUT2D eigenvalue weighted by Gasteiger charge is 2.15. The predicted molar refractivity (Wildman–Crippen MR) is 93.8 cm³/mol. The molecule has 0 saturated heterocycles. The quantitative estimate of drug-likeness (QED) is 0.608. The fraction of sp³-hybridized carbons (Fsp3) is 0.188. The first-order valence-corrected chi connectivity index (χ1v) is 7.71. The Labute approximate surface area is 142 Å². The zero-order valence-electron chi connectivity index (χ0n) is 12.7. The first kappa shape index (κ1) is 17.0. The number of nitrogens with one attached hydrogen (secondary N) is 2. The van der Waals surface area contributed by atoms with Gasteiger partial charge in [-0.1, -0.05) is 22.0 Å². The van der Waals surface area contributed by atoms with Crippen LogP contribution in [0.15, 0.2) is 40.9 Å². The first-order valence-electron chi connectivity index (χ1n) is 6.92. The van der Waals surface area contributed by atoms with Gasteiger partial charge in [-0.05, 0) is 49.2 Å². The van der Waals surface area contributed by atoms with Gasteiger partial charge in [-0.2, -0.15) is 0 Å². The minimum atomic E-state index is -0.506. The number of benzene rings is 2. The van der Waals surface area contributed by atoms with Gasteiger partial charge in [0.15, 0.2) is 0 Å². The number of nitro benzene ring substituents is 1. The van der Waals surface area contributed by atoms with Gasteiger partial charge < -0.3 is 10.6 Å². The highest BCUT2D eigenvalue weighted by molar-refractivity contribution is 9.10. The standard InChI is InChI=1S/C16H16BrN3O3/c1-10-3-6-14(15(7-10)20(22)23)19-16(21)9-18-12-4-5-13(17)11(2)8-12/h3-8,18H,9H2,1-2H3,(H,19,21). The van der Waals surface area contributed by atoms with E-state index in [0.29, 0.717) is 0 Å². The van der Waals surface area contributed by atoms with Crippen LogP contribution in [-0.2, 0) is 4.79 Å². The molecule has 0 aromatic heterocycles. The van der Waals surface area contributed by atoms with E-state index in [9.17, 15) is 14.9 Å². The summed E-state index contributed by atoms with van der Waals surface area (Å²) in [6, 6.07) is 10.3. The lowest BCUT2D eigenvalue weighted by atomic mass is 10.2. The topological polar surface area (TPSA) is 84.3 Å². The number of amides is 1. The van der Waals surface area contributed by atoms with Gasteiger partial charge in [0.1, 0.15) is 5.69 Å². The van der Waals surface area contributed by atoms with Crippen LogP contribution in [0.1, 0.15) is 11.1 Å². The van der Waals surface area contributed by atoms with E-state index in [-0.39, 0.29) is 23.8 Å². The van der Waals surface area contributed by atoms with Crippen LogP contribution in [0.3, 0.4) is 0 Å². The molecule has 1 amide bonds. The van der Waals surface area contributed by atoms with Gasteiger partial charge in [0, 0.05) is 16.2 Å². The van der Waals surface area contributed by atoms with Crippen LogP contribution in [0, 0.1) is 24.0 Å². The van der Waals surface area contributed by atoms with Crippen LogP contribution in [0.2, 0.25) is 0 Å². The molecule has 7 heteroatoms. The lowest BCUT2D eigenvalue weighted by molar-refractivity contribution is -0.384. The number of nitro groups is 1. The largest absolute Gasteiger partial charge is 0.376 e. The molecule has 0 fully saturated rings. The van der Waals surface area contributed by atoms with Gasteiger partial charge in [0.25, 0.3) is 5.69 Å². The molecule has 2 aromatic carbocycles. The van der Waals surface area contributed by atoms with E-state index in [1.807, 2.05) is 25.1 Å². The number of carbonyl (C=O) groups is 1. The Hall–Kier alpha value is -2.41. The minimum Gasteiger partial charge on any atom is -0.376 e. The summed E-state index contributed by atoms with van der Waals surface area (Å²) in [6.07, 6.45) is 0. The van der Waals surface area contributed by atoms with E-state index in [4.69, 9.17) is 0 Å². The normalized spacial score (nSPS) is 10.2. The second-order valence-electron chi connectivity index (χ2n) is 5.14. The van der Waals surface area contributed by atoms with Gasteiger partial charge in [-0.15, -0.1) is 0 Å². The predicted octanol–water partition coefficient (Wildman–Crippen LogP) is 4.02. The highest BCUT2D eigenvalue weighted by atomic mass is 79.9. The third-order valence-corrected chi connectivity index (χ3v) is 4.12. The molecular weight excluding hydrogens is 362 g/mol. The Morgan fingerprint density at radius 3 is 2.61 bits per heavy atom. The van der Waals surface area contributed by atoms with Crippen LogP contribution in [-0.4, -0.2) is 17.4 Å². The van der Waals surface area contributed by atoms with Crippen molar-refractivity contribution in [2.75, 3.05) is 17.2 Å². The zero-order chi connectivity index (χ0) is 17.0. The van der Waals surface area contributed by atoms with Crippen molar-refractivity contribution in [1.82, 2.24) is 0 Å². The van der Waals surface area contributed by atoms with E-state index < -0.39 is 4.92 Å². The Morgan fingerprint density at radius 2 is 1.96 bits per heavy atom. The zero-order valence-corrected chi connectivity index (χ0v) is 14.3. The third-order valence-electron chi connectivity index (χ3n) is 3.24.